The van der Waals surface area contributed by atoms with E-state index in [1.54, 1.807) is 7.11 Å². The van der Waals surface area contributed by atoms with Crippen molar-refractivity contribution >= 4 is 35.0 Å². The first-order valence-electron chi connectivity index (χ1n) is 6.96. The minimum absolute atomic E-state index is 0.0758. The van der Waals surface area contributed by atoms with E-state index in [9.17, 15) is 4.79 Å². The lowest BCUT2D eigenvalue weighted by Crippen LogP contribution is -2.50. The average Bonchev–Trinajstić information content (AvgIpc) is 2.46. The van der Waals surface area contributed by atoms with E-state index >= 15 is 0 Å². The molecule has 0 heterocycles. The Hall–Kier alpha value is -1.31. The maximum atomic E-state index is 11.8. The van der Waals surface area contributed by atoms with Crippen LogP contribution < -0.4 is 16.2 Å². The van der Waals surface area contributed by atoms with E-state index in [4.69, 9.17) is 17.0 Å². The Kier molecular flexibility index (Phi) is 8.22. The molecule has 0 aromatic heterocycles. The average molecular weight is 342 g/mol. The van der Waals surface area contributed by atoms with Gasteiger partial charge in [0.1, 0.15) is 0 Å². The zero-order valence-corrected chi connectivity index (χ0v) is 15.0. The summed E-state index contributed by atoms with van der Waals surface area (Å²) in [7, 11) is 1.63. The van der Waals surface area contributed by atoms with Gasteiger partial charge in [0.05, 0.1) is 12.4 Å². The predicted molar refractivity (Wildman–Crippen MR) is 95.0 cm³/mol. The number of hydrazine groups is 1. The number of aryl methyl sites for hydroxylation is 2. The summed E-state index contributed by atoms with van der Waals surface area (Å²) in [6, 6.07) is 6.24. The van der Waals surface area contributed by atoms with Gasteiger partial charge in [-0.3, -0.25) is 15.6 Å². The second kappa shape index (κ2) is 9.66. The van der Waals surface area contributed by atoms with Gasteiger partial charge < -0.3 is 10.1 Å². The minimum Gasteiger partial charge on any atom is -0.383 e. The SMILES string of the molecule is COC[C@@H](C)NC(=S)NNC(=O)CSc1ccc(C)c(C)c1. The Labute approximate surface area is 141 Å². The molecule has 0 saturated heterocycles. The van der Waals surface area contributed by atoms with E-state index in [0.29, 0.717) is 17.5 Å². The Balaban J connectivity index is 2.28. The highest BCUT2D eigenvalue weighted by Crippen LogP contribution is 2.20. The molecule has 1 aromatic carbocycles. The molecule has 7 heteroatoms. The molecule has 0 radical (unpaired) electrons. The Morgan fingerprint density at radius 2 is 2.05 bits per heavy atom. The highest BCUT2D eigenvalue weighted by molar-refractivity contribution is 8.00. The van der Waals surface area contributed by atoms with Crippen molar-refractivity contribution in [1.29, 1.82) is 0 Å². The summed E-state index contributed by atoms with van der Waals surface area (Å²) in [6.07, 6.45) is 0. The number of hydrogen-bond donors (Lipinski definition) is 3. The van der Waals surface area contributed by atoms with Crippen molar-refractivity contribution in [3.63, 3.8) is 0 Å². The quantitative estimate of drug-likeness (QED) is 0.417. The van der Waals surface area contributed by atoms with Crippen molar-refractivity contribution in [3.05, 3.63) is 29.3 Å². The fourth-order valence-corrected chi connectivity index (χ4v) is 2.71. The molecule has 0 fully saturated rings. The predicted octanol–water partition coefficient (Wildman–Crippen LogP) is 1.93. The van der Waals surface area contributed by atoms with Crippen molar-refractivity contribution in [2.45, 2.75) is 31.7 Å². The first-order chi connectivity index (χ1) is 10.4. The molecule has 5 nitrogen and oxygen atoms in total. The molecule has 122 valence electrons. The third-order valence-corrected chi connectivity index (χ3v) is 4.17. The first kappa shape index (κ1) is 18.7. The number of ether oxygens (including phenoxy) is 1. The monoisotopic (exact) mass is 341 g/mol. The van der Waals surface area contributed by atoms with E-state index in [0.717, 1.165) is 4.90 Å². The molecule has 0 aliphatic carbocycles. The van der Waals surface area contributed by atoms with Crippen molar-refractivity contribution < 1.29 is 9.53 Å². The van der Waals surface area contributed by atoms with Crippen LogP contribution in [-0.2, 0) is 9.53 Å². The lowest BCUT2D eigenvalue weighted by atomic mass is 10.1. The molecule has 1 amide bonds. The van der Waals surface area contributed by atoms with Crippen LogP contribution in [0.4, 0.5) is 0 Å². The molecule has 0 aliphatic rings. The zero-order valence-electron chi connectivity index (χ0n) is 13.4. The number of thioether (sulfide) groups is 1. The molecule has 22 heavy (non-hydrogen) atoms. The maximum absolute atomic E-state index is 11.8. The van der Waals surface area contributed by atoms with Crippen LogP contribution in [0.15, 0.2) is 23.1 Å². The molecule has 1 aromatic rings. The fourth-order valence-electron chi connectivity index (χ4n) is 1.67. The molecule has 3 N–H and O–H groups in total. The van der Waals surface area contributed by atoms with Crippen molar-refractivity contribution in [2.24, 2.45) is 0 Å². The number of benzene rings is 1. The van der Waals surface area contributed by atoms with Crippen LogP contribution in [0.25, 0.3) is 0 Å². The number of methoxy groups -OCH3 is 1. The van der Waals surface area contributed by atoms with Gasteiger partial charge in [0.15, 0.2) is 5.11 Å². The van der Waals surface area contributed by atoms with Crippen LogP contribution in [0.2, 0.25) is 0 Å². The number of rotatable bonds is 6. The van der Waals surface area contributed by atoms with Gasteiger partial charge in [0, 0.05) is 18.0 Å². The van der Waals surface area contributed by atoms with Crippen LogP contribution in [0.1, 0.15) is 18.1 Å². The van der Waals surface area contributed by atoms with Gasteiger partial charge in [0.2, 0.25) is 5.91 Å². The van der Waals surface area contributed by atoms with Crippen LogP contribution in [0.5, 0.6) is 0 Å². The molecule has 1 atom stereocenters. The molecule has 1 rings (SSSR count). The van der Waals surface area contributed by atoms with Gasteiger partial charge in [-0.25, -0.2) is 0 Å². The van der Waals surface area contributed by atoms with Crippen LogP contribution >= 0.6 is 24.0 Å². The van der Waals surface area contributed by atoms with Gasteiger partial charge in [-0.05, 0) is 56.2 Å². The normalized spacial score (nSPS) is 11.6. The summed E-state index contributed by atoms with van der Waals surface area (Å²) in [5.74, 6) is 0.193. The first-order valence-corrected chi connectivity index (χ1v) is 8.36. The lowest BCUT2D eigenvalue weighted by Gasteiger charge is -2.16. The summed E-state index contributed by atoms with van der Waals surface area (Å²) < 4.78 is 5.00. The van der Waals surface area contributed by atoms with E-state index in [-0.39, 0.29) is 11.9 Å². The smallest absolute Gasteiger partial charge is 0.248 e. The Morgan fingerprint density at radius 1 is 1.32 bits per heavy atom. The van der Waals surface area contributed by atoms with Gasteiger partial charge in [-0.1, -0.05) is 6.07 Å². The summed E-state index contributed by atoms with van der Waals surface area (Å²) in [5, 5.41) is 3.37. The van der Waals surface area contributed by atoms with Crippen molar-refractivity contribution in [1.82, 2.24) is 16.2 Å². The number of amides is 1. The summed E-state index contributed by atoms with van der Waals surface area (Å²) in [5.41, 5.74) is 7.72. The third-order valence-electron chi connectivity index (χ3n) is 2.96. The molecular weight excluding hydrogens is 318 g/mol. The topological polar surface area (TPSA) is 62.4 Å². The number of thiocarbonyl (C=S) groups is 1. The second-order valence-electron chi connectivity index (χ2n) is 5.04. The molecule has 0 unspecified atom stereocenters. The second-order valence-corrected chi connectivity index (χ2v) is 6.49. The Bertz CT molecular complexity index is 524. The van der Waals surface area contributed by atoms with Crippen molar-refractivity contribution in [2.75, 3.05) is 19.5 Å². The number of carbonyl (C=O) groups is 1. The maximum Gasteiger partial charge on any atom is 0.248 e. The Morgan fingerprint density at radius 3 is 2.68 bits per heavy atom. The van der Waals surface area contributed by atoms with Gasteiger partial charge in [0.25, 0.3) is 0 Å². The van der Waals surface area contributed by atoms with E-state index < -0.39 is 0 Å². The summed E-state index contributed by atoms with van der Waals surface area (Å²) in [6.45, 7) is 6.61. The summed E-state index contributed by atoms with van der Waals surface area (Å²) >= 11 is 6.56. The summed E-state index contributed by atoms with van der Waals surface area (Å²) in [4.78, 5) is 12.9. The van der Waals surface area contributed by atoms with Crippen LogP contribution in [0.3, 0.4) is 0 Å². The molecular formula is C15H23N3O2S2. The largest absolute Gasteiger partial charge is 0.383 e. The lowest BCUT2D eigenvalue weighted by molar-refractivity contribution is -0.119. The molecule has 0 aliphatic heterocycles. The van der Waals surface area contributed by atoms with Gasteiger partial charge >= 0.3 is 0 Å². The molecule has 0 saturated carbocycles. The number of carbonyl (C=O) groups excluding carboxylic acids is 1. The van der Waals surface area contributed by atoms with Gasteiger partial charge in [-0.2, -0.15) is 0 Å². The van der Waals surface area contributed by atoms with Crippen LogP contribution in [0, 0.1) is 13.8 Å². The van der Waals surface area contributed by atoms with Crippen LogP contribution in [-0.4, -0.2) is 36.5 Å². The molecule has 0 spiro atoms. The van der Waals surface area contributed by atoms with E-state index in [1.807, 2.05) is 13.0 Å². The third kappa shape index (κ3) is 7.11. The van der Waals surface area contributed by atoms with Gasteiger partial charge in [-0.15, -0.1) is 11.8 Å². The minimum atomic E-state index is -0.133. The fraction of sp³-hybridized carbons (Fsp3) is 0.467. The number of nitrogens with one attached hydrogen (secondary N) is 3. The van der Waals surface area contributed by atoms with E-state index in [2.05, 4.69) is 42.1 Å². The van der Waals surface area contributed by atoms with Crippen molar-refractivity contribution in [3.8, 4) is 0 Å². The highest BCUT2D eigenvalue weighted by Gasteiger charge is 2.06. The standard InChI is InChI=1S/C15H23N3O2S2/c1-10-5-6-13(7-11(10)2)22-9-14(19)17-18-15(21)16-12(3)8-20-4/h5-7,12H,8-9H2,1-4H3,(H,17,19)(H2,16,18,21)/t12-/m1/s1. The van der Waals surface area contributed by atoms with E-state index in [1.165, 1.54) is 22.9 Å². The number of hydrogen-bond acceptors (Lipinski definition) is 4. The zero-order chi connectivity index (χ0) is 16.5. The molecule has 0 bridgehead atoms. The highest BCUT2D eigenvalue weighted by atomic mass is 32.2.